The number of piperazine rings is 1. The highest BCUT2D eigenvalue weighted by atomic mass is 19.1. The molecule has 0 aliphatic carbocycles. The molecule has 2 heterocycles. The van der Waals surface area contributed by atoms with Crippen LogP contribution in [0.25, 0.3) is 5.69 Å². The molecule has 0 N–H and O–H groups in total. The van der Waals surface area contributed by atoms with Crippen LogP contribution in [0.1, 0.15) is 27.7 Å². The summed E-state index contributed by atoms with van der Waals surface area (Å²) in [4.78, 5) is 17.3. The topological polar surface area (TPSA) is 41.4 Å². The van der Waals surface area contributed by atoms with Gasteiger partial charge in [0.15, 0.2) is 5.69 Å². The van der Waals surface area contributed by atoms with Gasteiger partial charge in [-0.3, -0.25) is 9.69 Å². The van der Waals surface area contributed by atoms with E-state index in [9.17, 15) is 9.18 Å². The van der Waals surface area contributed by atoms with E-state index >= 15 is 0 Å². The van der Waals surface area contributed by atoms with E-state index in [4.69, 9.17) is 0 Å². The maximum absolute atomic E-state index is 14.1. The molecule has 0 radical (unpaired) electrons. The molecule has 3 aromatic carbocycles. The standard InChI is InChI=1S/C27H25FN4O/c28-23-13-7-8-14-25(23)32-16-15-24(29-32)27(33)31-19-17-30(18-20-31)26(21-9-3-1-4-10-21)22-11-5-2-6-12-22/h1-16,26H,17-20H2. The molecule has 1 aromatic heterocycles. The molecule has 0 unspecified atom stereocenters. The van der Waals surface area contributed by atoms with Crippen LogP contribution >= 0.6 is 0 Å². The predicted molar refractivity (Wildman–Crippen MR) is 126 cm³/mol. The number of carbonyl (C=O) groups is 1. The zero-order valence-corrected chi connectivity index (χ0v) is 18.2. The molecule has 1 fully saturated rings. The van der Waals surface area contributed by atoms with Crippen LogP contribution in [0.5, 0.6) is 0 Å². The number of benzene rings is 3. The SMILES string of the molecule is O=C(c1ccn(-c2ccccc2F)n1)N1CCN(C(c2ccccc2)c2ccccc2)CC1. The fourth-order valence-electron chi connectivity index (χ4n) is 4.44. The average molecular weight is 441 g/mol. The molecule has 0 bridgehead atoms. The van der Waals surface area contributed by atoms with E-state index < -0.39 is 0 Å². The Morgan fingerprint density at radius 3 is 1.94 bits per heavy atom. The third-order valence-corrected chi connectivity index (χ3v) is 6.10. The number of para-hydroxylation sites is 1. The number of hydrogen-bond donors (Lipinski definition) is 0. The Hall–Kier alpha value is -3.77. The van der Waals surface area contributed by atoms with Gasteiger partial charge in [-0.15, -0.1) is 0 Å². The summed E-state index contributed by atoms with van der Waals surface area (Å²) in [5.41, 5.74) is 3.14. The zero-order valence-electron chi connectivity index (χ0n) is 18.2. The number of hydrogen-bond acceptors (Lipinski definition) is 3. The van der Waals surface area contributed by atoms with Crippen LogP contribution in [0.3, 0.4) is 0 Å². The van der Waals surface area contributed by atoms with Crippen molar-refractivity contribution in [2.24, 2.45) is 0 Å². The van der Waals surface area contributed by atoms with Gasteiger partial charge in [0.1, 0.15) is 11.5 Å². The summed E-state index contributed by atoms with van der Waals surface area (Å²) in [5, 5.41) is 4.34. The van der Waals surface area contributed by atoms with Crippen LogP contribution in [0.2, 0.25) is 0 Å². The largest absolute Gasteiger partial charge is 0.335 e. The number of amides is 1. The van der Waals surface area contributed by atoms with Crippen LogP contribution in [-0.2, 0) is 0 Å². The van der Waals surface area contributed by atoms with E-state index in [1.807, 2.05) is 17.0 Å². The van der Waals surface area contributed by atoms with Crippen molar-refractivity contribution in [3.8, 4) is 5.69 Å². The molecule has 1 amide bonds. The normalized spacial score (nSPS) is 14.5. The Balaban J connectivity index is 1.30. The van der Waals surface area contributed by atoms with Gasteiger partial charge in [-0.1, -0.05) is 72.8 Å². The molecule has 0 saturated carbocycles. The van der Waals surface area contributed by atoms with Crippen LogP contribution in [0, 0.1) is 5.82 Å². The van der Waals surface area contributed by atoms with Crippen LogP contribution < -0.4 is 0 Å². The maximum Gasteiger partial charge on any atom is 0.274 e. The molecule has 1 saturated heterocycles. The number of aromatic nitrogens is 2. The van der Waals surface area contributed by atoms with Crippen molar-refractivity contribution in [3.63, 3.8) is 0 Å². The van der Waals surface area contributed by atoms with Crippen molar-refractivity contribution in [2.75, 3.05) is 26.2 Å². The third-order valence-electron chi connectivity index (χ3n) is 6.10. The van der Waals surface area contributed by atoms with Gasteiger partial charge in [0.25, 0.3) is 5.91 Å². The second kappa shape index (κ2) is 9.38. The minimum Gasteiger partial charge on any atom is -0.335 e. The fraction of sp³-hybridized carbons (Fsp3) is 0.185. The molecule has 0 atom stereocenters. The lowest BCUT2D eigenvalue weighted by atomic mass is 9.96. The van der Waals surface area contributed by atoms with Gasteiger partial charge in [0.2, 0.25) is 0 Å². The van der Waals surface area contributed by atoms with E-state index in [0.717, 1.165) is 13.1 Å². The maximum atomic E-state index is 14.1. The smallest absolute Gasteiger partial charge is 0.274 e. The third kappa shape index (κ3) is 4.43. The van der Waals surface area contributed by atoms with Gasteiger partial charge in [-0.2, -0.15) is 5.10 Å². The first-order valence-corrected chi connectivity index (χ1v) is 11.1. The molecule has 166 valence electrons. The van der Waals surface area contributed by atoms with Gasteiger partial charge >= 0.3 is 0 Å². The second-order valence-electron chi connectivity index (χ2n) is 8.15. The lowest BCUT2D eigenvalue weighted by Crippen LogP contribution is -2.50. The second-order valence-corrected chi connectivity index (χ2v) is 8.15. The van der Waals surface area contributed by atoms with Crippen LogP contribution in [-0.4, -0.2) is 51.7 Å². The Morgan fingerprint density at radius 2 is 1.33 bits per heavy atom. The van der Waals surface area contributed by atoms with Crippen LogP contribution in [0.15, 0.2) is 97.2 Å². The first kappa shape index (κ1) is 21.1. The minimum atomic E-state index is -0.374. The molecule has 0 spiro atoms. The van der Waals surface area contributed by atoms with Crippen LogP contribution in [0.4, 0.5) is 4.39 Å². The summed E-state index contributed by atoms with van der Waals surface area (Å²) in [6, 6.07) is 29.2. The first-order valence-electron chi connectivity index (χ1n) is 11.1. The molecular weight excluding hydrogens is 415 g/mol. The molecule has 1 aliphatic heterocycles. The fourth-order valence-corrected chi connectivity index (χ4v) is 4.44. The lowest BCUT2D eigenvalue weighted by molar-refractivity contribution is 0.0591. The van der Waals surface area contributed by atoms with E-state index in [0.29, 0.717) is 24.5 Å². The first-order chi connectivity index (χ1) is 16.2. The number of halogens is 1. The van der Waals surface area contributed by atoms with Gasteiger partial charge in [-0.25, -0.2) is 9.07 Å². The Kier molecular flexibility index (Phi) is 6.00. The highest BCUT2D eigenvalue weighted by molar-refractivity contribution is 5.92. The Bertz CT molecular complexity index is 1180. The lowest BCUT2D eigenvalue weighted by Gasteiger charge is -2.39. The number of carbonyl (C=O) groups excluding carboxylic acids is 1. The minimum absolute atomic E-state index is 0.124. The summed E-state index contributed by atoms with van der Waals surface area (Å²) in [5.74, 6) is -0.498. The van der Waals surface area contributed by atoms with E-state index in [2.05, 4.69) is 58.5 Å². The van der Waals surface area contributed by atoms with Crippen molar-refractivity contribution in [1.82, 2.24) is 19.6 Å². The van der Waals surface area contributed by atoms with Crippen molar-refractivity contribution < 1.29 is 9.18 Å². The van der Waals surface area contributed by atoms with Crippen molar-refractivity contribution in [3.05, 3.63) is 120 Å². The van der Waals surface area contributed by atoms with Gasteiger partial charge in [0, 0.05) is 32.4 Å². The predicted octanol–water partition coefficient (Wildman–Crippen LogP) is 4.56. The summed E-state index contributed by atoms with van der Waals surface area (Å²) in [6.07, 6.45) is 1.63. The molecule has 6 heteroatoms. The molecule has 5 rings (SSSR count). The van der Waals surface area contributed by atoms with Gasteiger partial charge < -0.3 is 4.90 Å². The quantitative estimate of drug-likeness (QED) is 0.457. The summed E-state index contributed by atoms with van der Waals surface area (Å²) in [6.45, 7) is 2.74. The average Bonchev–Trinajstić information content (AvgIpc) is 3.36. The van der Waals surface area contributed by atoms with E-state index in [1.165, 1.54) is 21.9 Å². The van der Waals surface area contributed by atoms with Gasteiger partial charge in [0.05, 0.1) is 6.04 Å². The van der Waals surface area contributed by atoms with E-state index in [1.54, 1.807) is 30.5 Å². The Morgan fingerprint density at radius 1 is 0.758 bits per heavy atom. The van der Waals surface area contributed by atoms with Crippen molar-refractivity contribution >= 4 is 5.91 Å². The molecule has 1 aliphatic rings. The summed E-state index contributed by atoms with van der Waals surface area (Å²) in [7, 11) is 0. The molecule has 4 aromatic rings. The zero-order chi connectivity index (χ0) is 22.6. The molecule has 5 nitrogen and oxygen atoms in total. The Labute approximate surface area is 192 Å². The number of nitrogens with zero attached hydrogens (tertiary/aromatic N) is 4. The van der Waals surface area contributed by atoms with Gasteiger partial charge in [-0.05, 0) is 29.3 Å². The molecular formula is C27H25FN4O. The van der Waals surface area contributed by atoms with E-state index in [-0.39, 0.29) is 17.8 Å². The number of rotatable bonds is 5. The molecule has 33 heavy (non-hydrogen) atoms. The van der Waals surface area contributed by atoms with Crippen molar-refractivity contribution in [2.45, 2.75) is 6.04 Å². The summed E-state index contributed by atoms with van der Waals surface area (Å²) < 4.78 is 15.5. The highest BCUT2D eigenvalue weighted by Gasteiger charge is 2.29. The summed E-state index contributed by atoms with van der Waals surface area (Å²) >= 11 is 0. The monoisotopic (exact) mass is 440 g/mol. The van der Waals surface area contributed by atoms with Crippen molar-refractivity contribution in [1.29, 1.82) is 0 Å². The highest BCUT2D eigenvalue weighted by Crippen LogP contribution is 2.29.